The molecule has 0 saturated carbocycles. The van der Waals surface area contributed by atoms with Crippen molar-refractivity contribution >= 4 is 29.1 Å². The summed E-state index contributed by atoms with van der Waals surface area (Å²) in [6.45, 7) is 4.07. The number of hydrogen-bond acceptors (Lipinski definition) is 5. The topological polar surface area (TPSA) is 104 Å². The summed E-state index contributed by atoms with van der Waals surface area (Å²) in [6, 6.07) is 17.5. The van der Waals surface area contributed by atoms with Gasteiger partial charge in [0, 0.05) is 35.6 Å². The third-order valence-corrected chi connectivity index (χ3v) is 6.05. The number of rotatable bonds is 8. The molecule has 1 fully saturated rings. The molecule has 2 aromatic carbocycles. The Hall–Kier alpha value is -4.07. The molecule has 3 amide bonds. The van der Waals surface area contributed by atoms with E-state index in [4.69, 9.17) is 4.42 Å². The summed E-state index contributed by atoms with van der Waals surface area (Å²) in [5.41, 5.74) is 2.26. The highest BCUT2D eigenvalue weighted by atomic mass is 16.3. The highest BCUT2D eigenvalue weighted by Crippen LogP contribution is 2.20. The molecule has 8 nitrogen and oxygen atoms in total. The average molecular weight is 475 g/mol. The number of likely N-dealkylation sites (tertiary alicyclic amines) is 1. The lowest BCUT2D eigenvalue weighted by Gasteiger charge is -2.30. The van der Waals surface area contributed by atoms with Gasteiger partial charge in [-0.15, -0.1) is 0 Å². The van der Waals surface area contributed by atoms with Crippen molar-refractivity contribution in [3.8, 4) is 0 Å². The number of carbonyl (C=O) groups is 3. The van der Waals surface area contributed by atoms with Crippen molar-refractivity contribution in [1.82, 2.24) is 10.2 Å². The maximum atomic E-state index is 12.8. The highest BCUT2D eigenvalue weighted by molar-refractivity contribution is 5.98. The Balaban J connectivity index is 1.28. The summed E-state index contributed by atoms with van der Waals surface area (Å²) in [5.74, 6) is 0.805. The van der Waals surface area contributed by atoms with Gasteiger partial charge in [-0.05, 0) is 67.3 Å². The number of furan rings is 1. The first-order chi connectivity index (χ1) is 17.0. The molecule has 1 saturated heterocycles. The number of nitrogens with one attached hydrogen (secondary N) is 3. The molecule has 1 aliphatic rings. The summed E-state index contributed by atoms with van der Waals surface area (Å²) in [4.78, 5) is 39.6. The molecule has 0 unspecified atom stereocenters. The van der Waals surface area contributed by atoms with Gasteiger partial charge in [0.15, 0.2) is 0 Å². The lowest BCUT2D eigenvalue weighted by atomic mass is 9.98. The monoisotopic (exact) mass is 474 g/mol. The summed E-state index contributed by atoms with van der Waals surface area (Å²) in [6.07, 6.45) is 3.60. The number of nitrogens with zero attached hydrogens (tertiary/aromatic N) is 1. The SMILES string of the molecule is CC1CCN(C(=O)c2cccc(NCC(=O)Nc3cccc(C(=O)NCc4ccco4)c3)c2)CC1. The number of anilines is 2. The molecule has 0 atom stereocenters. The molecule has 4 rings (SSSR count). The third kappa shape index (κ3) is 6.72. The molecule has 182 valence electrons. The van der Waals surface area contributed by atoms with Gasteiger partial charge in [-0.3, -0.25) is 14.4 Å². The molecule has 3 aromatic rings. The van der Waals surface area contributed by atoms with Crippen LogP contribution in [0, 0.1) is 5.92 Å². The van der Waals surface area contributed by atoms with Gasteiger partial charge in [0.2, 0.25) is 5.91 Å². The molecule has 8 heteroatoms. The van der Waals surface area contributed by atoms with Crippen LogP contribution in [-0.4, -0.2) is 42.3 Å². The molecule has 35 heavy (non-hydrogen) atoms. The predicted molar refractivity (Wildman–Crippen MR) is 134 cm³/mol. The van der Waals surface area contributed by atoms with E-state index in [1.165, 1.54) is 0 Å². The lowest BCUT2D eigenvalue weighted by Crippen LogP contribution is -2.37. The maximum absolute atomic E-state index is 12.8. The number of carbonyl (C=O) groups excluding carboxylic acids is 3. The van der Waals surface area contributed by atoms with Crippen LogP contribution in [0.5, 0.6) is 0 Å². The van der Waals surface area contributed by atoms with Gasteiger partial charge < -0.3 is 25.3 Å². The number of amides is 3. The second kappa shape index (κ2) is 11.4. The second-order valence-electron chi connectivity index (χ2n) is 8.80. The van der Waals surface area contributed by atoms with Gasteiger partial charge in [-0.2, -0.15) is 0 Å². The zero-order chi connectivity index (χ0) is 24.6. The zero-order valence-electron chi connectivity index (χ0n) is 19.8. The van der Waals surface area contributed by atoms with Crippen LogP contribution < -0.4 is 16.0 Å². The van der Waals surface area contributed by atoms with Crippen LogP contribution in [0.15, 0.2) is 71.3 Å². The Labute approximate surface area is 204 Å². The van der Waals surface area contributed by atoms with Gasteiger partial charge in [0.25, 0.3) is 11.8 Å². The van der Waals surface area contributed by atoms with Gasteiger partial charge in [-0.1, -0.05) is 19.1 Å². The molecule has 2 heterocycles. The first-order valence-electron chi connectivity index (χ1n) is 11.8. The van der Waals surface area contributed by atoms with E-state index in [0.29, 0.717) is 34.2 Å². The minimum absolute atomic E-state index is 0.0205. The number of benzene rings is 2. The summed E-state index contributed by atoms with van der Waals surface area (Å²) in [5, 5.41) is 8.65. The fraction of sp³-hybridized carbons (Fsp3) is 0.296. The van der Waals surface area contributed by atoms with Crippen molar-refractivity contribution in [3.05, 3.63) is 83.8 Å². The molecule has 1 aromatic heterocycles. The number of hydrogen-bond donors (Lipinski definition) is 3. The fourth-order valence-electron chi connectivity index (χ4n) is 3.96. The van der Waals surface area contributed by atoms with E-state index < -0.39 is 0 Å². The normalized spacial score (nSPS) is 13.8. The van der Waals surface area contributed by atoms with Gasteiger partial charge in [0.1, 0.15) is 5.76 Å². The predicted octanol–water partition coefficient (Wildman–Crippen LogP) is 4.13. The van der Waals surface area contributed by atoms with Crippen LogP contribution >= 0.6 is 0 Å². The van der Waals surface area contributed by atoms with Gasteiger partial charge in [0.05, 0.1) is 19.4 Å². The van der Waals surface area contributed by atoms with Crippen molar-refractivity contribution in [3.63, 3.8) is 0 Å². The molecule has 1 aliphatic heterocycles. The Morgan fingerprint density at radius 1 is 0.943 bits per heavy atom. The van der Waals surface area contributed by atoms with Crippen LogP contribution in [0.3, 0.4) is 0 Å². The van der Waals surface area contributed by atoms with E-state index >= 15 is 0 Å². The van der Waals surface area contributed by atoms with Crippen LogP contribution in [0.25, 0.3) is 0 Å². The van der Waals surface area contributed by atoms with E-state index in [-0.39, 0.29) is 30.8 Å². The maximum Gasteiger partial charge on any atom is 0.253 e. The summed E-state index contributed by atoms with van der Waals surface area (Å²) in [7, 11) is 0. The van der Waals surface area contributed by atoms with Crippen LogP contribution in [-0.2, 0) is 11.3 Å². The molecule has 3 N–H and O–H groups in total. The van der Waals surface area contributed by atoms with Gasteiger partial charge >= 0.3 is 0 Å². The molecule has 0 radical (unpaired) electrons. The van der Waals surface area contributed by atoms with E-state index in [1.54, 1.807) is 54.8 Å². The molecule has 0 spiro atoms. The highest BCUT2D eigenvalue weighted by Gasteiger charge is 2.21. The number of piperidine rings is 1. The van der Waals surface area contributed by atoms with E-state index in [0.717, 1.165) is 25.9 Å². The van der Waals surface area contributed by atoms with Crippen LogP contribution in [0.4, 0.5) is 11.4 Å². The minimum Gasteiger partial charge on any atom is -0.467 e. The minimum atomic E-state index is -0.264. The van der Waals surface area contributed by atoms with E-state index in [1.807, 2.05) is 17.0 Å². The van der Waals surface area contributed by atoms with Crippen molar-refractivity contribution in [2.75, 3.05) is 30.3 Å². The van der Waals surface area contributed by atoms with Crippen LogP contribution in [0.1, 0.15) is 46.2 Å². The van der Waals surface area contributed by atoms with E-state index in [2.05, 4.69) is 22.9 Å². The largest absolute Gasteiger partial charge is 0.467 e. The quantitative estimate of drug-likeness (QED) is 0.455. The molecule has 0 bridgehead atoms. The lowest BCUT2D eigenvalue weighted by molar-refractivity contribution is -0.114. The standard InChI is InChI=1S/C27H30N4O4/c1-19-10-12-31(13-11-19)27(34)21-6-3-7-22(16-21)28-18-25(32)30-23-8-2-5-20(15-23)26(33)29-17-24-9-4-14-35-24/h2-9,14-16,19,28H,10-13,17-18H2,1H3,(H,29,33)(H,30,32). The van der Waals surface area contributed by atoms with Gasteiger partial charge in [-0.25, -0.2) is 0 Å². The van der Waals surface area contributed by atoms with Crippen LogP contribution in [0.2, 0.25) is 0 Å². The Kier molecular flexibility index (Phi) is 7.82. The smallest absolute Gasteiger partial charge is 0.253 e. The first-order valence-corrected chi connectivity index (χ1v) is 11.8. The molecular formula is C27H30N4O4. The van der Waals surface area contributed by atoms with Crippen molar-refractivity contribution < 1.29 is 18.8 Å². The fourth-order valence-corrected chi connectivity index (χ4v) is 3.96. The molecule has 0 aliphatic carbocycles. The average Bonchev–Trinajstić information content (AvgIpc) is 3.40. The summed E-state index contributed by atoms with van der Waals surface area (Å²) >= 11 is 0. The second-order valence-corrected chi connectivity index (χ2v) is 8.80. The van der Waals surface area contributed by atoms with Crippen molar-refractivity contribution in [1.29, 1.82) is 0 Å². The Morgan fingerprint density at radius 2 is 1.66 bits per heavy atom. The summed E-state index contributed by atoms with van der Waals surface area (Å²) < 4.78 is 5.21. The van der Waals surface area contributed by atoms with Crippen molar-refractivity contribution in [2.45, 2.75) is 26.3 Å². The Morgan fingerprint density at radius 3 is 2.40 bits per heavy atom. The zero-order valence-corrected chi connectivity index (χ0v) is 19.8. The first kappa shape index (κ1) is 24.1. The van der Waals surface area contributed by atoms with Crippen molar-refractivity contribution in [2.24, 2.45) is 5.92 Å². The van der Waals surface area contributed by atoms with E-state index in [9.17, 15) is 14.4 Å². The molecular weight excluding hydrogens is 444 g/mol. The third-order valence-electron chi connectivity index (χ3n) is 6.05. The Bertz CT molecular complexity index is 1170.